The first-order valence-electron chi connectivity index (χ1n) is 11.3. The SMILES string of the molecule is O=C(C1CCC1)N1CCN(CC(OCc2ccc(C(F)(F)F)cc2)c2ccc(Cl)cc2)CC1. The topological polar surface area (TPSA) is 32.8 Å². The Bertz CT molecular complexity index is 922. The van der Waals surface area contributed by atoms with Crippen LogP contribution in [-0.2, 0) is 22.3 Å². The molecule has 178 valence electrons. The summed E-state index contributed by atoms with van der Waals surface area (Å²) in [5.41, 5.74) is 0.965. The monoisotopic (exact) mass is 480 g/mol. The summed E-state index contributed by atoms with van der Waals surface area (Å²) in [5.74, 6) is 0.499. The number of rotatable bonds is 7. The lowest BCUT2D eigenvalue weighted by molar-refractivity contribution is -0.140. The van der Waals surface area contributed by atoms with E-state index >= 15 is 0 Å². The normalized spacial score (nSPS) is 18.7. The first-order chi connectivity index (χ1) is 15.8. The van der Waals surface area contributed by atoms with Gasteiger partial charge in [-0.3, -0.25) is 9.69 Å². The van der Waals surface area contributed by atoms with Crippen LogP contribution < -0.4 is 0 Å². The van der Waals surface area contributed by atoms with Gasteiger partial charge in [-0.05, 0) is 48.2 Å². The van der Waals surface area contributed by atoms with Gasteiger partial charge >= 0.3 is 6.18 Å². The lowest BCUT2D eigenvalue weighted by Gasteiger charge is -2.39. The van der Waals surface area contributed by atoms with Crippen LogP contribution in [0, 0.1) is 5.92 Å². The molecule has 0 N–H and O–H groups in total. The fourth-order valence-electron chi connectivity index (χ4n) is 4.22. The summed E-state index contributed by atoms with van der Waals surface area (Å²) in [5, 5.41) is 0.628. The summed E-state index contributed by atoms with van der Waals surface area (Å²) < 4.78 is 44.6. The summed E-state index contributed by atoms with van der Waals surface area (Å²) in [6.45, 7) is 3.79. The largest absolute Gasteiger partial charge is 0.416 e. The van der Waals surface area contributed by atoms with Crippen LogP contribution in [0.25, 0.3) is 0 Å². The zero-order valence-electron chi connectivity index (χ0n) is 18.4. The Labute approximate surface area is 197 Å². The van der Waals surface area contributed by atoms with Crippen molar-refractivity contribution in [2.75, 3.05) is 32.7 Å². The van der Waals surface area contributed by atoms with E-state index < -0.39 is 11.7 Å². The van der Waals surface area contributed by atoms with Crippen molar-refractivity contribution >= 4 is 17.5 Å². The number of hydrogen-bond acceptors (Lipinski definition) is 3. The van der Waals surface area contributed by atoms with Gasteiger partial charge in [0, 0.05) is 43.7 Å². The molecule has 4 rings (SSSR count). The van der Waals surface area contributed by atoms with Gasteiger partial charge in [-0.15, -0.1) is 0 Å². The second-order valence-corrected chi connectivity index (χ2v) is 9.24. The standard InChI is InChI=1S/C25H28ClF3N2O2/c26-22-10-6-19(7-11-22)23(33-17-18-4-8-21(9-5-18)25(27,28)29)16-30-12-14-31(15-13-30)24(32)20-2-1-3-20/h4-11,20,23H,1-3,12-17H2. The van der Waals surface area contributed by atoms with Crippen LogP contribution in [-0.4, -0.2) is 48.4 Å². The number of ether oxygens (including phenoxy) is 1. The number of amides is 1. The van der Waals surface area contributed by atoms with E-state index in [0.717, 1.165) is 50.0 Å². The Hall–Kier alpha value is -2.09. The molecule has 33 heavy (non-hydrogen) atoms. The molecule has 2 aromatic carbocycles. The van der Waals surface area contributed by atoms with Gasteiger partial charge in [0.1, 0.15) is 0 Å². The number of alkyl halides is 3. The van der Waals surface area contributed by atoms with E-state index in [9.17, 15) is 18.0 Å². The summed E-state index contributed by atoms with van der Waals surface area (Å²) in [6, 6.07) is 12.5. The third kappa shape index (κ3) is 6.28. The maximum Gasteiger partial charge on any atom is 0.416 e. The van der Waals surface area contributed by atoms with Crippen LogP contribution >= 0.6 is 11.6 Å². The van der Waals surface area contributed by atoms with Crippen molar-refractivity contribution in [3.05, 3.63) is 70.2 Å². The van der Waals surface area contributed by atoms with Gasteiger partial charge in [0.05, 0.1) is 18.3 Å². The van der Waals surface area contributed by atoms with Gasteiger partial charge in [-0.1, -0.05) is 42.3 Å². The fraction of sp³-hybridized carbons (Fsp3) is 0.480. The third-order valence-electron chi connectivity index (χ3n) is 6.54. The first kappa shape index (κ1) is 24.0. The molecule has 2 aromatic rings. The Morgan fingerprint density at radius 1 is 1.00 bits per heavy atom. The van der Waals surface area contributed by atoms with Gasteiger partial charge in [0.2, 0.25) is 5.91 Å². The molecule has 1 saturated carbocycles. The molecule has 1 amide bonds. The quantitative estimate of drug-likeness (QED) is 0.520. The maximum absolute atomic E-state index is 12.8. The molecule has 2 aliphatic rings. The van der Waals surface area contributed by atoms with Gasteiger partial charge < -0.3 is 9.64 Å². The lowest BCUT2D eigenvalue weighted by atomic mass is 9.84. The molecule has 8 heteroatoms. The van der Waals surface area contributed by atoms with Crippen LogP contribution in [0.2, 0.25) is 5.02 Å². The molecule has 4 nitrogen and oxygen atoms in total. The van der Waals surface area contributed by atoms with Gasteiger partial charge in [0.15, 0.2) is 0 Å². The predicted molar refractivity (Wildman–Crippen MR) is 121 cm³/mol. The van der Waals surface area contributed by atoms with E-state index in [1.165, 1.54) is 12.1 Å². The first-order valence-corrected chi connectivity index (χ1v) is 11.7. The molecule has 1 atom stereocenters. The molecule has 0 aromatic heterocycles. The van der Waals surface area contributed by atoms with E-state index in [-0.39, 0.29) is 24.5 Å². The molecule has 1 saturated heterocycles. The molecule has 0 radical (unpaired) electrons. The average Bonchev–Trinajstić information content (AvgIpc) is 2.76. The molecule has 2 fully saturated rings. The molecule has 0 spiro atoms. The molecule has 1 aliphatic carbocycles. The molecule has 0 bridgehead atoms. The van der Waals surface area contributed by atoms with Crippen molar-refractivity contribution < 1.29 is 22.7 Å². The smallest absolute Gasteiger partial charge is 0.368 e. The second-order valence-electron chi connectivity index (χ2n) is 8.80. The Kier molecular flexibility index (Phi) is 7.62. The minimum absolute atomic E-state index is 0.200. The van der Waals surface area contributed by atoms with E-state index in [2.05, 4.69) is 4.90 Å². The van der Waals surface area contributed by atoms with Crippen LogP contribution in [0.4, 0.5) is 13.2 Å². The van der Waals surface area contributed by atoms with Gasteiger partial charge in [-0.25, -0.2) is 0 Å². The number of benzene rings is 2. The maximum atomic E-state index is 12.8. The van der Waals surface area contributed by atoms with Crippen molar-refractivity contribution in [2.24, 2.45) is 5.92 Å². The molecule has 1 heterocycles. The summed E-state index contributed by atoms with van der Waals surface area (Å²) in [7, 11) is 0. The number of hydrogen-bond donors (Lipinski definition) is 0. The van der Waals surface area contributed by atoms with Crippen LogP contribution in [0.1, 0.15) is 42.1 Å². The number of nitrogens with zero attached hydrogens (tertiary/aromatic N) is 2. The highest BCUT2D eigenvalue weighted by molar-refractivity contribution is 6.30. The lowest BCUT2D eigenvalue weighted by Crippen LogP contribution is -2.51. The Morgan fingerprint density at radius 2 is 1.64 bits per heavy atom. The van der Waals surface area contributed by atoms with Gasteiger partial charge in [0.25, 0.3) is 0 Å². The summed E-state index contributed by atoms with van der Waals surface area (Å²) in [4.78, 5) is 16.8. The fourth-order valence-corrected chi connectivity index (χ4v) is 4.34. The predicted octanol–water partition coefficient (Wildman–Crippen LogP) is 5.56. The second kappa shape index (κ2) is 10.5. The molecule has 1 unspecified atom stereocenters. The number of carbonyl (C=O) groups is 1. The summed E-state index contributed by atoms with van der Waals surface area (Å²) in [6.07, 6.45) is -1.45. The van der Waals surface area contributed by atoms with Crippen LogP contribution in [0.3, 0.4) is 0 Å². The van der Waals surface area contributed by atoms with E-state index in [0.29, 0.717) is 30.2 Å². The zero-order chi connectivity index (χ0) is 23.4. The Morgan fingerprint density at radius 3 is 2.18 bits per heavy atom. The van der Waals surface area contributed by atoms with Crippen molar-refractivity contribution in [3.63, 3.8) is 0 Å². The highest BCUT2D eigenvalue weighted by Gasteiger charge is 2.32. The van der Waals surface area contributed by atoms with Crippen molar-refractivity contribution in [3.8, 4) is 0 Å². The highest BCUT2D eigenvalue weighted by atomic mass is 35.5. The number of carbonyl (C=O) groups excluding carboxylic acids is 1. The number of piperazine rings is 1. The zero-order valence-corrected chi connectivity index (χ0v) is 19.1. The van der Waals surface area contributed by atoms with Crippen LogP contribution in [0.5, 0.6) is 0 Å². The molecular formula is C25H28ClF3N2O2. The van der Waals surface area contributed by atoms with Crippen molar-refractivity contribution in [1.82, 2.24) is 9.80 Å². The third-order valence-corrected chi connectivity index (χ3v) is 6.79. The van der Waals surface area contributed by atoms with Crippen molar-refractivity contribution in [1.29, 1.82) is 0 Å². The molecule has 1 aliphatic heterocycles. The average molecular weight is 481 g/mol. The Balaban J connectivity index is 1.37. The highest BCUT2D eigenvalue weighted by Crippen LogP contribution is 2.30. The summed E-state index contributed by atoms with van der Waals surface area (Å²) >= 11 is 6.04. The van der Waals surface area contributed by atoms with E-state index in [4.69, 9.17) is 16.3 Å². The number of halogens is 4. The van der Waals surface area contributed by atoms with Crippen molar-refractivity contribution in [2.45, 2.75) is 38.1 Å². The van der Waals surface area contributed by atoms with E-state index in [1.807, 2.05) is 17.0 Å². The van der Waals surface area contributed by atoms with Crippen LogP contribution in [0.15, 0.2) is 48.5 Å². The van der Waals surface area contributed by atoms with Gasteiger partial charge in [-0.2, -0.15) is 13.2 Å². The minimum atomic E-state index is -4.35. The molecular weight excluding hydrogens is 453 g/mol. The minimum Gasteiger partial charge on any atom is -0.368 e. The van der Waals surface area contributed by atoms with E-state index in [1.54, 1.807) is 12.1 Å².